The molecule has 0 bridgehead atoms. The van der Waals surface area contributed by atoms with Gasteiger partial charge in [-0.2, -0.15) is 0 Å². The van der Waals surface area contributed by atoms with E-state index in [1.807, 2.05) is 11.4 Å². The van der Waals surface area contributed by atoms with Crippen molar-refractivity contribution in [3.63, 3.8) is 0 Å². The molecule has 2 amide bonds. The lowest BCUT2D eigenvalue weighted by Gasteiger charge is -2.16. The third kappa shape index (κ3) is 6.58. The molecule has 0 aliphatic carbocycles. The van der Waals surface area contributed by atoms with E-state index >= 15 is 0 Å². The number of benzene rings is 1. The number of amides is 2. The van der Waals surface area contributed by atoms with Crippen LogP contribution in [0, 0.1) is 4.91 Å². The summed E-state index contributed by atoms with van der Waals surface area (Å²) in [6.07, 6.45) is 7.51. The lowest BCUT2D eigenvalue weighted by atomic mass is 9.89. The number of aromatic nitrogens is 2. The Bertz CT molecular complexity index is 1110. The fourth-order valence-electron chi connectivity index (χ4n) is 3.71. The van der Waals surface area contributed by atoms with Gasteiger partial charge in [0.2, 0.25) is 13.0 Å². The molecule has 0 aliphatic heterocycles. The van der Waals surface area contributed by atoms with Crippen molar-refractivity contribution in [3.05, 3.63) is 64.1 Å². The van der Waals surface area contributed by atoms with E-state index in [0.29, 0.717) is 21.5 Å². The van der Waals surface area contributed by atoms with Crippen molar-refractivity contribution in [2.45, 2.75) is 45.4 Å². The first-order valence-corrected chi connectivity index (χ1v) is 12.0. The normalized spacial score (nSPS) is 10.9. The van der Waals surface area contributed by atoms with Gasteiger partial charge in [0.1, 0.15) is 4.87 Å². The molecule has 8 nitrogen and oxygen atoms in total. The summed E-state index contributed by atoms with van der Waals surface area (Å²) in [7, 11) is 1.32. The zero-order valence-electron chi connectivity index (χ0n) is 19.2. The van der Waals surface area contributed by atoms with Crippen LogP contribution in [-0.4, -0.2) is 39.9 Å². The maximum absolute atomic E-state index is 12.3. The second-order valence-electron chi connectivity index (χ2n) is 7.91. The van der Waals surface area contributed by atoms with Crippen LogP contribution >= 0.6 is 11.3 Å². The van der Waals surface area contributed by atoms with E-state index in [4.69, 9.17) is 0 Å². The van der Waals surface area contributed by atoms with Gasteiger partial charge in [-0.05, 0) is 36.5 Å². The second-order valence-corrected chi connectivity index (χ2v) is 8.77. The second kappa shape index (κ2) is 11.5. The average molecular weight is 469 g/mol. The Hall–Kier alpha value is -3.33. The van der Waals surface area contributed by atoms with Crippen molar-refractivity contribution in [1.29, 1.82) is 0 Å². The summed E-state index contributed by atoms with van der Waals surface area (Å²) in [5.74, 6) is -0.257. The summed E-state index contributed by atoms with van der Waals surface area (Å²) in [6.45, 7) is 4.23. The Morgan fingerprint density at radius 2 is 1.94 bits per heavy atom. The van der Waals surface area contributed by atoms with Gasteiger partial charge < -0.3 is 10.6 Å². The molecule has 0 saturated carbocycles. The molecule has 0 radical (unpaired) electrons. The summed E-state index contributed by atoms with van der Waals surface area (Å²) in [6, 6.07) is 9.98. The number of nitrogens with one attached hydrogen (secondary N) is 2. The molecule has 2 heterocycles. The maximum Gasteiger partial charge on any atom is 0.253 e. The van der Waals surface area contributed by atoms with Crippen molar-refractivity contribution >= 4 is 28.3 Å². The number of hydrogen-bond acceptors (Lipinski definition) is 5. The highest BCUT2D eigenvalue weighted by Crippen LogP contribution is 2.31. The highest BCUT2D eigenvalue weighted by Gasteiger charge is 2.15. The SMILES string of the molecule is CCCC(CCC)c1cccc(-c2csc(NC(=O)CNC(=O)c3ccn([N+](C)=O)c3)n2)c1. The van der Waals surface area contributed by atoms with E-state index in [0.717, 1.165) is 24.1 Å². The molecule has 3 aromatic rings. The van der Waals surface area contributed by atoms with Crippen LogP contribution in [0.15, 0.2) is 48.1 Å². The number of hydrogen-bond donors (Lipinski definition) is 2. The highest BCUT2D eigenvalue weighted by molar-refractivity contribution is 7.14. The fraction of sp³-hybridized carbons (Fsp3) is 0.375. The predicted molar refractivity (Wildman–Crippen MR) is 130 cm³/mol. The minimum Gasteiger partial charge on any atom is -0.343 e. The van der Waals surface area contributed by atoms with Crippen molar-refractivity contribution in [3.8, 4) is 11.3 Å². The van der Waals surface area contributed by atoms with Crippen molar-refractivity contribution in [2.24, 2.45) is 0 Å². The van der Waals surface area contributed by atoms with E-state index in [-0.39, 0.29) is 12.5 Å². The molecule has 0 fully saturated rings. The maximum atomic E-state index is 12.3. The monoisotopic (exact) mass is 468 g/mol. The van der Waals surface area contributed by atoms with Crippen LogP contribution in [0.5, 0.6) is 0 Å². The molecular weight excluding hydrogens is 438 g/mol. The predicted octanol–water partition coefficient (Wildman–Crippen LogP) is 4.84. The number of carbonyl (C=O) groups is 2. The quantitative estimate of drug-likeness (QED) is 0.394. The summed E-state index contributed by atoms with van der Waals surface area (Å²) < 4.78 is 1.23. The summed E-state index contributed by atoms with van der Waals surface area (Å²) in [5, 5.41) is 7.68. The third-order valence-corrected chi connectivity index (χ3v) is 6.11. The lowest BCUT2D eigenvalue weighted by Crippen LogP contribution is -2.32. The average Bonchev–Trinajstić information content (AvgIpc) is 3.48. The first-order valence-electron chi connectivity index (χ1n) is 11.1. The molecule has 0 aliphatic rings. The zero-order valence-corrected chi connectivity index (χ0v) is 20.0. The van der Waals surface area contributed by atoms with Gasteiger partial charge in [0, 0.05) is 10.9 Å². The van der Waals surface area contributed by atoms with Crippen LogP contribution in [0.1, 0.15) is 61.4 Å². The number of nitroso groups, excluding NO2 is 1. The summed E-state index contributed by atoms with van der Waals surface area (Å²) in [5.41, 5.74) is 3.47. The van der Waals surface area contributed by atoms with E-state index < -0.39 is 5.91 Å². The Balaban J connectivity index is 1.59. The van der Waals surface area contributed by atoms with Crippen molar-refractivity contribution in [2.75, 3.05) is 18.9 Å². The highest BCUT2D eigenvalue weighted by atomic mass is 32.1. The van der Waals surface area contributed by atoms with Gasteiger partial charge in [0.25, 0.3) is 5.91 Å². The molecule has 3 rings (SSSR count). The van der Waals surface area contributed by atoms with Gasteiger partial charge in [-0.25, -0.2) is 4.98 Å². The van der Waals surface area contributed by atoms with Crippen LogP contribution < -0.4 is 10.6 Å². The molecule has 0 atom stereocenters. The molecule has 1 aromatic carbocycles. The number of carbonyl (C=O) groups excluding carboxylic acids is 2. The number of rotatable bonds is 11. The largest absolute Gasteiger partial charge is 0.343 e. The topological polar surface area (TPSA) is 96.1 Å². The molecule has 0 saturated heterocycles. The Labute approximate surface area is 197 Å². The van der Waals surface area contributed by atoms with Gasteiger partial charge in [-0.3, -0.25) is 9.59 Å². The Kier molecular flexibility index (Phi) is 8.48. The van der Waals surface area contributed by atoms with E-state index in [9.17, 15) is 14.5 Å². The smallest absolute Gasteiger partial charge is 0.253 e. The lowest BCUT2D eigenvalue weighted by molar-refractivity contribution is -0.578. The van der Waals surface area contributed by atoms with Gasteiger partial charge in [0.15, 0.2) is 5.13 Å². The number of thiazole rings is 1. The molecule has 33 heavy (non-hydrogen) atoms. The number of nitrogens with zero attached hydrogens (tertiary/aromatic N) is 3. The molecule has 2 aromatic heterocycles. The summed E-state index contributed by atoms with van der Waals surface area (Å²) in [4.78, 5) is 40.8. The summed E-state index contributed by atoms with van der Waals surface area (Å²) >= 11 is 1.35. The van der Waals surface area contributed by atoms with Gasteiger partial charge in [-0.1, -0.05) is 49.6 Å². The molecule has 0 spiro atoms. The Morgan fingerprint density at radius 1 is 1.18 bits per heavy atom. The first-order chi connectivity index (χ1) is 15.9. The van der Waals surface area contributed by atoms with E-state index in [1.165, 1.54) is 59.9 Å². The van der Waals surface area contributed by atoms with Crippen LogP contribution in [0.3, 0.4) is 0 Å². The van der Waals surface area contributed by atoms with Crippen LogP contribution in [0.2, 0.25) is 0 Å². The van der Waals surface area contributed by atoms with Gasteiger partial charge in [-0.15, -0.1) is 11.3 Å². The molecule has 0 unspecified atom stereocenters. The first kappa shape index (κ1) is 24.3. The standard InChI is InChI=1S/C24H29N5O3S/c1-4-7-17(8-5-2)18-9-6-10-19(13-18)21-16-33-24(26-21)27-22(30)14-25-23(31)20-11-12-29(15-20)28(3)32/h6,9-13,15-17H,4-5,7-8,14H2,1-3H3,(H-,25,26,27,30,31)/p+1. The molecule has 9 heteroatoms. The minimum atomic E-state index is -0.434. The van der Waals surface area contributed by atoms with Crippen molar-refractivity contribution < 1.29 is 14.5 Å². The third-order valence-electron chi connectivity index (χ3n) is 5.35. The van der Waals surface area contributed by atoms with Crippen LogP contribution in [0.25, 0.3) is 11.3 Å². The zero-order chi connectivity index (χ0) is 23.8. The van der Waals surface area contributed by atoms with Gasteiger partial charge >= 0.3 is 0 Å². The van der Waals surface area contributed by atoms with Crippen molar-refractivity contribution in [1.82, 2.24) is 15.0 Å². The number of anilines is 1. The Morgan fingerprint density at radius 3 is 2.61 bits per heavy atom. The molecule has 174 valence electrons. The van der Waals surface area contributed by atoms with Gasteiger partial charge in [0.05, 0.1) is 35.1 Å². The van der Waals surface area contributed by atoms with E-state index in [2.05, 4.69) is 47.7 Å². The van der Waals surface area contributed by atoms with Crippen LogP contribution in [-0.2, 0) is 4.79 Å². The van der Waals surface area contributed by atoms with E-state index in [1.54, 1.807) is 0 Å². The fourth-order valence-corrected chi connectivity index (χ4v) is 4.45. The molecule has 2 N–H and O–H groups in total. The molecular formula is C24H30N5O3S+. The minimum absolute atomic E-state index is 0.197. The van der Waals surface area contributed by atoms with Crippen LogP contribution in [0.4, 0.5) is 5.13 Å².